The van der Waals surface area contributed by atoms with Gasteiger partial charge in [-0.2, -0.15) is 13.2 Å². The fourth-order valence-electron chi connectivity index (χ4n) is 2.21. The molecule has 2 rings (SSSR count). The second kappa shape index (κ2) is 6.68. The van der Waals surface area contributed by atoms with Gasteiger partial charge in [-0.05, 0) is 24.7 Å². The minimum Gasteiger partial charge on any atom is -0.370 e. The summed E-state index contributed by atoms with van der Waals surface area (Å²) in [6.45, 7) is -0.212. The van der Waals surface area contributed by atoms with Crippen molar-refractivity contribution in [2.75, 3.05) is 20.3 Å². The monoisotopic (exact) mass is 320 g/mol. The minimum atomic E-state index is -4.29. The highest BCUT2D eigenvalue weighted by atomic mass is 35.5. The van der Waals surface area contributed by atoms with Crippen molar-refractivity contribution in [2.24, 2.45) is 0 Å². The van der Waals surface area contributed by atoms with E-state index in [0.29, 0.717) is 18.1 Å². The quantitative estimate of drug-likeness (QED) is 0.823. The third-order valence-corrected chi connectivity index (χ3v) is 3.27. The molecular formula is C14H16ClF3N2O. The maximum atomic E-state index is 12.0. The molecule has 3 nitrogen and oxygen atoms in total. The van der Waals surface area contributed by atoms with Crippen LogP contribution in [0.25, 0.3) is 10.9 Å². The third-order valence-electron chi connectivity index (χ3n) is 3.04. The number of nitrogens with zero attached hydrogens (tertiary/aromatic N) is 1. The van der Waals surface area contributed by atoms with Crippen molar-refractivity contribution in [2.45, 2.75) is 19.3 Å². The molecule has 0 spiro atoms. The van der Waals surface area contributed by atoms with Crippen LogP contribution in [0.1, 0.15) is 5.56 Å². The van der Waals surface area contributed by atoms with Crippen molar-refractivity contribution in [1.82, 2.24) is 9.88 Å². The van der Waals surface area contributed by atoms with E-state index in [9.17, 15) is 13.2 Å². The van der Waals surface area contributed by atoms with Gasteiger partial charge in [0.25, 0.3) is 0 Å². The molecule has 0 saturated heterocycles. The average Bonchev–Trinajstić information content (AvgIpc) is 2.72. The molecule has 0 aliphatic carbocycles. The molecule has 0 unspecified atom stereocenters. The van der Waals surface area contributed by atoms with E-state index in [-0.39, 0.29) is 6.61 Å². The number of nitrogens with one attached hydrogen (secondary N) is 1. The molecule has 0 saturated carbocycles. The van der Waals surface area contributed by atoms with Crippen molar-refractivity contribution in [3.05, 3.63) is 35.0 Å². The summed E-state index contributed by atoms with van der Waals surface area (Å²) in [5.74, 6) is 0. The Morgan fingerprint density at radius 3 is 2.76 bits per heavy atom. The van der Waals surface area contributed by atoms with Crippen molar-refractivity contribution >= 4 is 22.5 Å². The minimum absolute atomic E-state index is 0.00516. The summed E-state index contributed by atoms with van der Waals surface area (Å²) in [5, 5.41) is 4.69. The first kappa shape index (κ1) is 16.1. The number of benzene rings is 1. The highest BCUT2D eigenvalue weighted by Crippen LogP contribution is 2.25. The fraction of sp³-hybridized carbons (Fsp3) is 0.429. The van der Waals surface area contributed by atoms with Crippen LogP contribution in [0.5, 0.6) is 0 Å². The number of fused-ring (bicyclic) bond motifs is 1. The molecule has 0 radical (unpaired) electrons. The van der Waals surface area contributed by atoms with Gasteiger partial charge in [0.15, 0.2) is 0 Å². The maximum Gasteiger partial charge on any atom is 0.411 e. The molecule has 116 valence electrons. The lowest BCUT2D eigenvalue weighted by Crippen LogP contribution is -2.18. The van der Waals surface area contributed by atoms with Crippen LogP contribution in [0.4, 0.5) is 13.2 Å². The van der Waals surface area contributed by atoms with Crippen LogP contribution in [-0.4, -0.2) is 31.0 Å². The van der Waals surface area contributed by atoms with Crippen molar-refractivity contribution < 1.29 is 17.9 Å². The zero-order valence-electron chi connectivity index (χ0n) is 11.5. The number of ether oxygens (including phenoxy) is 1. The molecule has 21 heavy (non-hydrogen) atoms. The van der Waals surface area contributed by atoms with Crippen LogP contribution in [-0.2, 0) is 17.8 Å². The second-order valence-electron chi connectivity index (χ2n) is 4.71. The van der Waals surface area contributed by atoms with Gasteiger partial charge in [-0.1, -0.05) is 17.7 Å². The SMILES string of the molecule is CNCc1cn(CCOCC(F)(F)F)c2cc(Cl)ccc12. The Balaban J connectivity index is 2.13. The van der Waals surface area contributed by atoms with Crippen LogP contribution in [0.3, 0.4) is 0 Å². The fourth-order valence-corrected chi connectivity index (χ4v) is 2.37. The normalized spacial score (nSPS) is 12.2. The van der Waals surface area contributed by atoms with Gasteiger partial charge in [0.05, 0.1) is 6.61 Å². The number of rotatable bonds is 6. The lowest BCUT2D eigenvalue weighted by Gasteiger charge is -2.09. The smallest absolute Gasteiger partial charge is 0.370 e. The van der Waals surface area contributed by atoms with E-state index in [4.69, 9.17) is 11.6 Å². The van der Waals surface area contributed by atoms with Gasteiger partial charge < -0.3 is 14.6 Å². The summed E-state index contributed by atoms with van der Waals surface area (Å²) >= 11 is 5.99. The molecule has 7 heteroatoms. The second-order valence-corrected chi connectivity index (χ2v) is 5.14. The average molecular weight is 321 g/mol. The summed E-state index contributed by atoms with van der Waals surface area (Å²) < 4.78 is 42.6. The Morgan fingerprint density at radius 1 is 1.33 bits per heavy atom. The van der Waals surface area contributed by atoms with Crippen molar-refractivity contribution in [3.8, 4) is 0 Å². The van der Waals surface area contributed by atoms with Gasteiger partial charge in [-0.3, -0.25) is 0 Å². The van der Waals surface area contributed by atoms with Crippen LogP contribution >= 0.6 is 11.6 Å². The molecule has 1 heterocycles. The summed E-state index contributed by atoms with van der Waals surface area (Å²) in [5.41, 5.74) is 1.96. The molecule has 0 amide bonds. The van der Waals surface area contributed by atoms with Crippen LogP contribution in [0.2, 0.25) is 5.02 Å². The predicted octanol–water partition coefficient (Wildman–Crippen LogP) is 3.59. The zero-order chi connectivity index (χ0) is 15.5. The van der Waals surface area contributed by atoms with Crippen LogP contribution in [0.15, 0.2) is 24.4 Å². The summed E-state index contributed by atoms with van der Waals surface area (Å²) in [6, 6.07) is 5.52. The van der Waals surface area contributed by atoms with E-state index in [0.717, 1.165) is 16.5 Å². The van der Waals surface area contributed by atoms with Crippen molar-refractivity contribution in [1.29, 1.82) is 0 Å². The molecule has 0 atom stereocenters. The molecule has 1 aromatic heterocycles. The largest absolute Gasteiger partial charge is 0.411 e. The van der Waals surface area contributed by atoms with E-state index < -0.39 is 12.8 Å². The predicted molar refractivity (Wildman–Crippen MR) is 76.6 cm³/mol. The highest BCUT2D eigenvalue weighted by Gasteiger charge is 2.27. The van der Waals surface area contributed by atoms with Crippen LogP contribution < -0.4 is 5.32 Å². The Kier molecular flexibility index (Phi) is 5.13. The lowest BCUT2D eigenvalue weighted by molar-refractivity contribution is -0.174. The Labute approximate surface area is 125 Å². The molecular weight excluding hydrogens is 305 g/mol. The summed E-state index contributed by atoms with van der Waals surface area (Å²) in [7, 11) is 1.84. The molecule has 1 N–H and O–H groups in total. The molecule has 0 aliphatic heterocycles. The molecule has 0 fully saturated rings. The number of halogens is 4. The van der Waals surface area contributed by atoms with Gasteiger partial charge in [0, 0.05) is 35.2 Å². The van der Waals surface area contributed by atoms with Gasteiger partial charge >= 0.3 is 6.18 Å². The van der Waals surface area contributed by atoms with E-state index in [1.165, 1.54) is 0 Å². The van der Waals surface area contributed by atoms with Gasteiger partial charge in [-0.25, -0.2) is 0 Å². The van der Waals surface area contributed by atoms with E-state index >= 15 is 0 Å². The first-order chi connectivity index (χ1) is 9.90. The standard InChI is InChI=1S/C14H16ClF3N2O/c1-19-7-10-8-20(4-5-21-9-14(16,17)18)13-6-11(15)2-3-12(10)13/h2-3,6,8,19H,4-5,7,9H2,1H3. The highest BCUT2D eigenvalue weighted by molar-refractivity contribution is 6.31. The Hall–Kier alpha value is -1.24. The van der Waals surface area contributed by atoms with Crippen molar-refractivity contribution in [3.63, 3.8) is 0 Å². The number of alkyl halides is 3. The molecule has 1 aromatic carbocycles. The summed E-state index contributed by atoms with van der Waals surface area (Å²) in [4.78, 5) is 0. The number of hydrogen-bond acceptors (Lipinski definition) is 2. The van der Waals surface area contributed by atoms with E-state index in [2.05, 4.69) is 10.1 Å². The molecule has 0 bridgehead atoms. The van der Waals surface area contributed by atoms with Gasteiger partial charge in [0.2, 0.25) is 0 Å². The Bertz CT molecular complexity index is 610. The molecule has 2 aromatic rings. The van der Waals surface area contributed by atoms with E-state index in [1.807, 2.05) is 23.9 Å². The number of aromatic nitrogens is 1. The van der Waals surface area contributed by atoms with Crippen LogP contribution in [0, 0.1) is 0 Å². The third kappa shape index (κ3) is 4.36. The first-order valence-corrected chi connectivity index (χ1v) is 6.85. The first-order valence-electron chi connectivity index (χ1n) is 6.47. The maximum absolute atomic E-state index is 12.0. The Morgan fingerprint density at radius 2 is 2.10 bits per heavy atom. The van der Waals surface area contributed by atoms with Gasteiger partial charge in [0.1, 0.15) is 6.61 Å². The number of hydrogen-bond donors (Lipinski definition) is 1. The lowest BCUT2D eigenvalue weighted by atomic mass is 10.2. The van der Waals surface area contributed by atoms with Gasteiger partial charge in [-0.15, -0.1) is 0 Å². The molecule has 0 aliphatic rings. The summed E-state index contributed by atoms with van der Waals surface area (Å²) in [6.07, 6.45) is -2.38. The zero-order valence-corrected chi connectivity index (χ0v) is 12.3. The van der Waals surface area contributed by atoms with E-state index in [1.54, 1.807) is 12.1 Å². The topological polar surface area (TPSA) is 26.2 Å².